The highest BCUT2D eigenvalue weighted by Gasteiger charge is 2.26. The Hall–Kier alpha value is -1.70. The molecule has 2 nitrogen and oxygen atoms in total. The van der Waals surface area contributed by atoms with Crippen molar-refractivity contribution in [2.45, 2.75) is 19.9 Å². The molecule has 0 fully saturated rings. The minimum absolute atomic E-state index is 0.339. The molecular formula is C14H15NO. The first-order valence-electron chi connectivity index (χ1n) is 5.63. The number of aromatic nitrogens is 1. The Morgan fingerprint density at radius 1 is 1.06 bits per heavy atom. The zero-order valence-corrected chi connectivity index (χ0v) is 9.60. The van der Waals surface area contributed by atoms with Crippen molar-refractivity contribution in [3.05, 3.63) is 53.3 Å². The molecule has 2 heterocycles. The van der Waals surface area contributed by atoms with E-state index in [-0.39, 0.29) is 0 Å². The first-order valence-corrected chi connectivity index (χ1v) is 5.63. The third kappa shape index (κ3) is 1.26. The zero-order chi connectivity index (χ0) is 11.1. The van der Waals surface area contributed by atoms with Gasteiger partial charge in [0.2, 0.25) is 0 Å². The first kappa shape index (κ1) is 9.52. The van der Waals surface area contributed by atoms with Crippen molar-refractivity contribution in [2.75, 3.05) is 6.61 Å². The van der Waals surface area contributed by atoms with Crippen LogP contribution in [0.25, 0.3) is 0 Å². The zero-order valence-electron chi connectivity index (χ0n) is 9.60. The van der Waals surface area contributed by atoms with Crippen LogP contribution in [0.5, 0.6) is 5.75 Å². The summed E-state index contributed by atoms with van der Waals surface area (Å²) in [5.74, 6) is 1.03. The number of aryl methyl sites for hydroxylation is 2. The maximum absolute atomic E-state index is 5.72. The van der Waals surface area contributed by atoms with Crippen molar-refractivity contribution in [3.63, 3.8) is 0 Å². The molecule has 2 aromatic rings. The van der Waals surface area contributed by atoms with Gasteiger partial charge in [-0.1, -0.05) is 18.2 Å². The standard InChI is InChI=1S/C14H15NO/c1-10-7-8-11(2)15(10)13-9-16-14-6-4-3-5-12(13)14/h3-8,13H,9H2,1-2H3. The van der Waals surface area contributed by atoms with Gasteiger partial charge in [0.15, 0.2) is 0 Å². The number of hydrogen-bond donors (Lipinski definition) is 0. The summed E-state index contributed by atoms with van der Waals surface area (Å²) in [6, 6.07) is 13.0. The molecule has 0 radical (unpaired) electrons. The quantitative estimate of drug-likeness (QED) is 0.710. The maximum Gasteiger partial charge on any atom is 0.124 e. The van der Waals surface area contributed by atoms with Crippen LogP contribution in [0.3, 0.4) is 0 Å². The number of hydrogen-bond acceptors (Lipinski definition) is 1. The smallest absolute Gasteiger partial charge is 0.124 e. The molecule has 0 saturated heterocycles. The third-order valence-corrected chi connectivity index (χ3v) is 3.31. The Labute approximate surface area is 95.5 Å². The SMILES string of the molecule is Cc1ccc(C)n1C1COc2ccccc21. The fraction of sp³-hybridized carbons (Fsp3) is 0.286. The van der Waals surface area contributed by atoms with E-state index in [1.807, 2.05) is 12.1 Å². The van der Waals surface area contributed by atoms with Crippen LogP contribution in [0.1, 0.15) is 23.0 Å². The fourth-order valence-corrected chi connectivity index (χ4v) is 2.53. The Morgan fingerprint density at radius 3 is 2.50 bits per heavy atom. The second kappa shape index (κ2) is 3.41. The van der Waals surface area contributed by atoms with Crippen LogP contribution in [0, 0.1) is 13.8 Å². The molecule has 0 spiro atoms. The summed E-state index contributed by atoms with van der Waals surface area (Å²) < 4.78 is 8.08. The number of benzene rings is 1. The van der Waals surface area contributed by atoms with E-state index >= 15 is 0 Å². The lowest BCUT2D eigenvalue weighted by Gasteiger charge is -2.16. The van der Waals surface area contributed by atoms with Crippen LogP contribution in [0.2, 0.25) is 0 Å². The van der Waals surface area contributed by atoms with Crippen LogP contribution in [-0.2, 0) is 0 Å². The molecule has 16 heavy (non-hydrogen) atoms. The molecule has 2 heteroatoms. The lowest BCUT2D eigenvalue weighted by molar-refractivity contribution is 0.314. The molecule has 1 aromatic carbocycles. The number of nitrogens with zero attached hydrogens (tertiary/aromatic N) is 1. The van der Waals surface area contributed by atoms with Gasteiger partial charge in [0.05, 0.1) is 6.04 Å². The summed E-state index contributed by atoms with van der Waals surface area (Å²) in [6.45, 7) is 5.04. The lowest BCUT2D eigenvalue weighted by atomic mass is 10.1. The lowest BCUT2D eigenvalue weighted by Crippen LogP contribution is -2.14. The Kier molecular flexibility index (Phi) is 2.03. The van der Waals surface area contributed by atoms with E-state index in [1.54, 1.807) is 0 Å². The molecule has 1 aliphatic rings. The molecule has 3 rings (SSSR count). The summed E-state index contributed by atoms with van der Waals surface area (Å²) in [5.41, 5.74) is 3.88. The van der Waals surface area contributed by atoms with Crippen molar-refractivity contribution < 1.29 is 4.74 Å². The van der Waals surface area contributed by atoms with Gasteiger partial charge in [-0.2, -0.15) is 0 Å². The first-order chi connectivity index (χ1) is 7.77. The van der Waals surface area contributed by atoms with Gasteiger partial charge in [-0.25, -0.2) is 0 Å². The summed E-state index contributed by atoms with van der Waals surface area (Å²) in [5, 5.41) is 0. The summed E-state index contributed by atoms with van der Waals surface area (Å²) in [7, 11) is 0. The van der Waals surface area contributed by atoms with Gasteiger partial charge >= 0.3 is 0 Å². The number of fused-ring (bicyclic) bond motifs is 1. The van der Waals surface area contributed by atoms with Crippen molar-refractivity contribution in [3.8, 4) is 5.75 Å². The van der Waals surface area contributed by atoms with Crippen molar-refractivity contribution >= 4 is 0 Å². The van der Waals surface area contributed by atoms with E-state index in [0.717, 1.165) is 12.4 Å². The van der Waals surface area contributed by atoms with Crippen LogP contribution in [0.4, 0.5) is 0 Å². The van der Waals surface area contributed by atoms with Gasteiger partial charge in [0.25, 0.3) is 0 Å². The Bertz CT molecular complexity index is 508. The molecule has 0 bridgehead atoms. The predicted octanol–water partition coefficient (Wildman–Crippen LogP) is 3.09. The van der Waals surface area contributed by atoms with Gasteiger partial charge in [-0.05, 0) is 32.0 Å². The van der Waals surface area contributed by atoms with E-state index in [4.69, 9.17) is 4.74 Å². The molecule has 1 atom stereocenters. The summed E-state index contributed by atoms with van der Waals surface area (Å²) in [4.78, 5) is 0. The highest BCUT2D eigenvalue weighted by molar-refractivity contribution is 5.40. The van der Waals surface area contributed by atoms with Gasteiger partial charge in [-0.15, -0.1) is 0 Å². The second-order valence-corrected chi connectivity index (χ2v) is 4.35. The molecule has 0 N–H and O–H groups in total. The van der Waals surface area contributed by atoms with E-state index < -0.39 is 0 Å². The summed E-state index contributed by atoms with van der Waals surface area (Å²) >= 11 is 0. The number of rotatable bonds is 1. The molecular weight excluding hydrogens is 198 g/mol. The average Bonchev–Trinajstić information content (AvgIpc) is 2.83. The van der Waals surface area contributed by atoms with Gasteiger partial charge in [0.1, 0.15) is 12.4 Å². The van der Waals surface area contributed by atoms with Gasteiger partial charge in [0, 0.05) is 17.0 Å². The number of ether oxygens (including phenoxy) is 1. The molecule has 1 aromatic heterocycles. The normalized spacial score (nSPS) is 18.2. The second-order valence-electron chi connectivity index (χ2n) is 4.35. The van der Waals surface area contributed by atoms with E-state index in [1.165, 1.54) is 17.0 Å². The summed E-state index contributed by atoms with van der Waals surface area (Å²) in [6.07, 6.45) is 0. The van der Waals surface area contributed by atoms with E-state index in [9.17, 15) is 0 Å². The van der Waals surface area contributed by atoms with Crippen molar-refractivity contribution in [2.24, 2.45) is 0 Å². The highest BCUT2D eigenvalue weighted by Crippen LogP contribution is 2.35. The average molecular weight is 213 g/mol. The molecule has 1 unspecified atom stereocenters. The van der Waals surface area contributed by atoms with Crippen LogP contribution in [-0.4, -0.2) is 11.2 Å². The van der Waals surface area contributed by atoms with Crippen LogP contribution >= 0.6 is 0 Å². The molecule has 1 aliphatic heterocycles. The maximum atomic E-state index is 5.72. The predicted molar refractivity (Wildman–Crippen MR) is 64.0 cm³/mol. The van der Waals surface area contributed by atoms with E-state index in [0.29, 0.717) is 6.04 Å². The van der Waals surface area contributed by atoms with Gasteiger partial charge in [-0.3, -0.25) is 0 Å². The Morgan fingerprint density at radius 2 is 1.75 bits per heavy atom. The molecule has 0 saturated carbocycles. The van der Waals surface area contributed by atoms with Crippen LogP contribution in [0.15, 0.2) is 36.4 Å². The van der Waals surface area contributed by atoms with Crippen molar-refractivity contribution in [1.82, 2.24) is 4.57 Å². The molecule has 0 amide bonds. The van der Waals surface area contributed by atoms with E-state index in [2.05, 4.69) is 42.7 Å². The minimum Gasteiger partial charge on any atom is -0.491 e. The monoisotopic (exact) mass is 213 g/mol. The molecule has 82 valence electrons. The van der Waals surface area contributed by atoms with Gasteiger partial charge < -0.3 is 9.30 Å². The highest BCUT2D eigenvalue weighted by atomic mass is 16.5. The topological polar surface area (TPSA) is 14.2 Å². The molecule has 0 aliphatic carbocycles. The number of para-hydroxylation sites is 1. The third-order valence-electron chi connectivity index (χ3n) is 3.31. The largest absolute Gasteiger partial charge is 0.491 e. The van der Waals surface area contributed by atoms with Crippen LogP contribution < -0.4 is 4.74 Å². The minimum atomic E-state index is 0.339. The van der Waals surface area contributed by atoms with Crippen molar-refractivity contribution in [1.29, 1.82) is 0 Å². The fourth-order valence-electron chi connectivity index (χ4n) is 2.53. The Balaban J connectivity index is 2.11.